The summed E-state index contributed by atoms with van der Waals surface area (Å²) in [6.07, 6.45) is 8.92. The largest absolute Gasteiger partial charge is 0.490 e. The molecule has 2 bridgehead atoms. The van der Waals surface area contributed by atoms with Crippen molar-refractivity contribution in [3.05, 3.63) is 64.7 Å². The molecule has 5 atom stereocenters. The number of methoxy groups -OCH3 is 1. The van der Waals surface area contributed by atoms with E-state index in [4.69, 9.17) is 25.8 Å². The first-order valence-corrected chi connectivity index (χ1v) is 18.1. The molecule has 1 fully saturated rings. The first kappa shape index (κ1) is 33.0. The average molecular weight is 670 g/mol. The fourth-order valence-electron chi connectivity index (χ4n) is 7.29. The number of carbonyl (C=O) groups is 2. The normalized spacial score (nSPS) is 31.3. The highest BCUT2D eigenvalue weighted by molar-refractivity contribution is 7.92. The van der Waals surface area contributed by atoms with Gasteiger partial charge in [-0.2, -0.15) is 0 Å². The third-order valence-electron chi connectivity index (χ3n) is 10.1. The van der Waals surface area contributed by atoms with Gasteiger partial charge in [0.2, 0.25) is 5.91 Å². The van der Waals surface area contributed by atoms with Gasteiger partial charge in [-0.05, 0) is 99.2 Å². The van der Waals surface area contributed by atoms with E-state index in [1.165, 1.54) is 11.1 Å². The first-order valence-electron chi connectivity index (χ1n) is 16.2. The van der Waals surface area contributed by atoms with E-state index in [2.05, 4.69) is 26.1 Å². The molecule has 46 heavy (non-hydrogen) atoms. The third kappa shape index (κ3) is 6.33. The van der Waals surface area contributed by atoms with Crippen molar-refractivity contribution in [1.29, 1.82) is 0 Å². The number of fused-ring (bicyclic) bond motifs is 4. The van der Waals surface area contributed by atoms with Crippen LogP contribution in [0.1, 0.15) is 64.0 Å². The molecule has 2 heterocycles. The molecule has 4 aliphatic rings. The summed E-state index contributed by atoms with van der Waals surface area (Å²) >= 11 is 6.44. The Kier molecular flexibility index (Phi) is 9.28. The van der Waals surface area contributed by atoms with Gasteiger partial charge in [0.15, 0.2) is 9.92 Å². The Labute approximate surface area is 277 Å². The Morgan fingerprint density at radius 3 is 2.78 bits per heavy atom. The van der Waals surface area contributed by atoms with Crippen LogP contribution < -0.4 is 14.4 Å². The van der Waals surface area contributed by atoms with E-state index >= 15 is 0 Å². The minimum Gasteiger partial charge on any atom is -0.490 e. The molecular weight excluding hydrogens is 626 g/mol. The van der Waals surface area contributed by atoms with Gasteiger partial charge in [0.1, 0.15) is 11.4 Å². The molecule has 1 spiro atoms. The van der Waals surface area contributed by atoms with Gasteiger partial charge in [0, 0.05) is 37.1 Å². The molecule has 2 aromatic carbocycles. The summed E-state index contributed by atoms with van der Waals surface area (Å²) in [7, 11) is -1.98. The smallest absolute Gasteiger partial charge is 0.287 e. The predicted octanol–water partition coefficient (Wildman–Crippen LogP) is 6.01. The van der Waals surface area contributed by atoms with Crippen LogP contribution in [0, 0.1) is 11.8 Å². The van der Waals surface area contributed by atoms with Crippen LogP contribution in [0.25, 0.3) is 0 Å². The summed E-state index contributed by atoms with van der Waals surface area (Å²) in [5, 5.41) is 0.731. The van der Waals surface area contributed by atoms with E-state index in [0.717, 1.165) is 49.4 Å². The maximum Gasteiger partial charge on any atom is 0.287 e. The topological polar surface area (TPSA) is 107 Å². The quantitative estimate of drug-likeness (QED) is 0.399. The highest BCUT2D eigenvalue weighted by Crippen LogP contribution is 2.47. The number of ether oxygens (including phenoxy) is 3. The summed E-state index contributed by atoms with van der Waals surface area (Å²) in [4.78, 5) is 28.8. The van der Waals surface area contributed by atoms with Gasteiger partial charge >= 0.3 is 0 Å². The van der Waals surface area contributed by atoms with Crippen LogP contribution in [0.2, 0.25) is 5.02 Å². The van der Waals surface area contributed by atoms with Gasteiger partial charge in [0.25, 0.3) is 5.91 Å². The molecule has 248 valence electrons. The van der Waals surface area contributed by atoms with Gasteiger partial charge in [0.05, 0.1) is 29.9 Å². The van der Waals surface area contributed by atoms with Crippen LogP contribution >= 0.6 is 11.6 Å². The second kappa shape index (κ2) is 12.9. The third-order valence-corrected chi connectivity index (χ3v) is 12.2. The van der Waals surface area contributed by atoms with E-state index in [1.807, 2.05) is 18.2 Å². The minimum absolute atomic E-state index is 0.0846. The van der Waals surface area contributed by atoms with Gasteiger partial charge in [-0.25, -0.2) is 4.21 Å². The van der Waals surface area contributed by atoms with E-state index in [1.54, 1.807) is 46.1 Å². The SMILES string of the molecule is CCC(=O)NS1(=O)=NC(=O)C(C)(C)OC/C=C/[C@H](OC)[C@@H]2CC[C@H]2CN2C[C@@]3(CCCc4cc(Cl)ccc43)COc3ccc1cc32. The van der Waals surface area contributed by atoms with Crippen molar-refractivity contribution in [2.75, 3.05) is 38.3 Å². The lowest BCUT2D eigenvalue weighted by atomic mass is 9.68. The number of halogens is 1. The molecule has 0 saturated heterocycles. The second-order valence-electron chi connectivity index (χ2n) is 13.5. The number of hydrogen-bond acceptors (Lipinski definition) is 7. The van der Waals surface area contributed by atoms with Crippen LogP contribution in [0.4, 0.5) is 5.69 Å². The number of rotatable bonds is 3. The fraction of sp³-hybridized carbons (Fsp3) is 0.543. The van der Waals surface area contributed by atoms with Crippen molar-refractivity contribution in [2.45, 2.75) is 81.3 Å². The maximum absolute atomic E-state index is 14.6. The van der Waals surface area contributed by atoms with Crippen molar-refractivity contribution in [1.82, 2.24) is 4.72 Å². The van der Waals surface area contributed by atoms with E-state index < -0.39 is 27.3 Å². The van der Waals surface area contributed by atoms with Crippen LogP contribution in [0.5, 0.6) is 5.75 Å². The zero-order valence-corrected chi connectivity index (χ0v) is 28.6. The molecule has 2 aliphatic heterocycles. The van der Waals surface area contributed by atoms with Crippen LogP contribution in [-0.2, 0) is 40.8 Å². The van der Waals surface area contributed by atoms with E-state index in [-0.39, 0.29) is 29.4 Å². The zero-order valence-electron chi connectivity index (χ0n) is 27.1. The van der Waals surface area contributed by atoms with E-state index in [0.29, 0.717) is 30.7 Å². The molecule has 1 unspecified atom stereocenters. The Morgan fingerprint density at radius 1 is 1.22 bits per heavy atom. The number of benzene rings is 2. The average Bonchev–Trinajstić information content (AvgIpc) is 3.16. The van der Waals surface area contributed by atoms with Crippen molar-refractivity contribution < 1.29 is 28.0 Å². The highest BCUT2D eigenvalue weighted by atomic mass is 35.5. The van der Waals surface area contributed by atoms with E-state index in [9.17, 15) is 13.8 Å². The van der Waals surface area contributed by atoms with Crippen molar-refractivity contribution in [2.24, 2.45) is 16.2 Å². The number of anilines is 1. The standard InChI is InChI=1S/C35H44ClN3O6S/c1-5-32(40)37-46(42)26-12-15-31-29(19-26)39(21-35(22-44-31)16-6-8-23-18-25(36)11-14-28(23)35)20-24-10-13-27(24)30(43-4)9-7-17-45-34(2,3)33(41)38-46/h7,9,11-12,14-15,18-19,24,27,30H,5-6,8,10,13,16-17,20-22H2,1-4H3,(H,37,38,40,41,42)/b9-7+/t24-,27+,30-,35-,46?/m0/s1. The first-order chi connectivity index (χ1) is 22.0. The molecule has 2 aromatic rings. The van der Waals surface area contributed by atoms with Gasteiger partial charge in [-0.15, -0.1) is 4.36 Å². The van der Waals surface area contributed by atoms with Gasteiger partial charge in [-0.1, -0.05) is 36.7 Å². The van der Waals surface area contributed by atoms with Crippen LogP contribution in [-0.4, -0.2) is 61.1 Å². The molecule has 1 N–H and O–H groups in total. The molecule has 2 amide bonds. The van der Waals surface area contributed by atoms with Crippen molar-refractivity contribution in [3.8, 4) is 5.75 Å². The lowest BCUT2D eigenvalue weighted by Gasteiger charge is -2.46. The maximum atomic E-state index is 14.6. The Hall–Kier alpha value is -2.92. The Bertz CT molecular complexity index is 1670. The molecule has 9 nitrogen and oxygen atoms in total. The summed E-state index contributed by atoms with van der Waals surface area (Å²) in [5.74, 6) is 0.114. The highest BCUT2D eigenvalue weighted by Gasteiger charge is 2.44. The molecule has 0 radical (unpaired) electrons. The number of aryl methyl sites for hydroxylation is 1. The lowest BCUT2D eigenvalue weighted by molar-refractivity contribution is -0.137. The number of nitrogens with one attached hydrogen (secondary N) is 1. The summed E-state index contributed by atoms with van der Waals surface area (Å²) in [6.45, 7) is 6.92. The fourth-order valence-corrected chi connectivity index (χ4v) is 9.19. The summed E-state index contributed by atoms with van der Waals surface area (Å²) in [6, 6.07) is 11.4. The molecular formula is C35H44ClN3O6S. The van der Waals surface area contributed by atoms with Crippen LogP contribution in [0.15, 0.2) is 57.8 Å². The zero-order chi connectivity index (χ0) is 32.7. The van der Waals surface area contributed by atoms with Crippen molar-refractivity contribution >= 4 is 39.0 Å². The summed E-state index contributed by atoms with van der Waals surface area (Å²) < 4.78 is 39.9. The lowest BCUT2D eigenvalue weighted by Crippen LogP contribution is -2.49. The molecule has 6 rings (SSSR count). The Morgan fingerprint density at radius 2 is 2.04 bits per heavy atom. The molecule has 2 aliphatic carbocycles. The molecule has 11 heteroatoms. The summed E-state index contributed by atoms with van der Waals surface area (Å²) in [5.41, 5.74) is 1.62. The monoisotopic (exact) mass is 669 g/mol. The predicted molar refractivity (Wildman–Crippen MR) is 179 cm³/mol. The number of nitrogens with zero attached hydrogens (tertiary/aromatic N) is 2. The number of carbonyl (C=O) groups excluding carboxylic acids is 2. The Balaban J connectivity index is 1.51. The second-order valence-corrected chi connectivity index (χ2v) is 15.8. The van der Waals surface area contributed by atoms with Gasteiger partial charge < -0.3 is 19.1 Å². The minimum atomic E-state index is -3.71. The molecule has 1 saturated carbocycles. The van der Waals surface area contributed by atoms with Gasteiger partial charge in [-0.3, -0.25) is 14.3 Å². The van der Waals surface area contributed by atoms with Crippen LogP contribution in [0.3, 0.4) is 0 Å². The number of amides is 2. The number of hydrogen-bond donors (Lipinski definition) is 1. The van der Waals surface area contributed by atoms with Crippen molar-refractivity contribution in [3.63, 3.8) is 0 Å². The molecule has 0 aromatic heterocycles.